The van der Waals surface area contributed by atoms with E-state index in [1.54, 1.807) is 26.0 Å². The third-order valence-corrected chi connectivity index (χ3v) is 6.54. The van der Waals surface area contributed by atoms with Crippen LogP contribution in [0.3, 0.4) is 0 Å². The second-order valence-corrected chi connectivity index (χ2v) is 9.04. The Hall–Kier alpha value is -3.61. The predicted octanol–water partition coefficient (Wildman–Crippen LogP) is 5.50. The molecule has 0 radical (unpaired) electrons. The first-order valence-corrected chi connectivity index (χ1v) is 11.8. The smallest absolute Gasteiger partial charge is 0.361 e. The molecule has 1 saturated carbocycles. The van der Waals surface area contributed by atoms with Crippen LogP contribution in [0, 0.1) is 13.8 Å². The first kappa shape index (κ1) is 25.1. The molecule has 1 aliphatic rings. The maximum atomic E-state index is 13.9. The Labute approximate surface area is 208 Å². The number of alkyl halides is 5. The van der Waals surface area contributed by atoms with E-state index >= 15 is 0 Å². The fourth-order valence-corrected chi connectivity index (χ4v) is 4.84. The summed E-state index contributed by atoms with van der Waals surface area (Å²) in [6, 6.07) is 2.82. The SMILES string of the molecule is Cc1noc(C)c1-c1ccc2c(-c3nc(NC4CCCC4NCC(F)F)ncc3C(F)(F)F)c[nH]c2n1. The zero-order valence-electron chi connectivity index (χ0n) is 20.0. The van der Waals surface area contributed by atoms with Gasteiger partial charge < -0.3 is 20.1 Å². The van der Waals surface area contributed by atoms with E-state index in [1.807, 2.05) is 0 Å². The molecule has 4 heterocycles. The number of halogens is 5. The Kier molecular flexibility index (Phi) is 6.56. The van der Waals surface area contributed by atoms with Gasteiger partial charge in [0.05, 0.1) is 29.2 Å². The highest BCUT2D eigenvalue weighted by atomic mass is 19.4. The number of rotatable bonds is 7. The van der Waals surface area contributed by atoms with Crippen LogP contribution in [0.5, 0.6) is 0 Å². The van der Waals surface area contributed by atoms with Gasteiger partial charge in [0.1, 0.15) is 17.0 Å². The number of aryl methyl sites for hydroxylation is 2. The Bertz CT molecular complexity index is 1390. The van der Waals surface area contributed by atoms with Crippen LogP contribution in [0.1, 0.15) is 36.3 Å². The maximum absolute atomic E-state index is 13.9. The lowest BCUT2D eigenvalue weighted by Gasteiger charge is -2.22. The summed E-state index contributed by atoms with van der Waals surface area (Å²) in [7, 11) is 0. The second kappa shape index (κ2) is 9.69. The molecule has 3 N–H and O–H groups in total. The molecule has 0 saturated heterocycles. The van der Waals surface area contributed by atoms with Crippen molar-refractivity contribution in [3.05, 3.63) is 41.5 Å². The van der Waals surface area contributed by atoms with E-state index < -0.39 is 24.7 Å². The lowest BCUT2D eigenvalue weighted by atomic mass is 10.1. The standard InChI is InChI=1S/C24H24F5N7O/c1-11-20(12(2)37-36-11)18-7-6-13-14(8-31-22(13)33-18)21-15(24(27,28)29)9-32-23(35-21)34-17-5-3-4-16(17)30-10-19(25)26/h6-9,16-17,19,30H,3-5,10H2,1-2H3,(H,31,33)(H,32,34,35). The second-order valence-electron chi connectivity index (χ2n) is 9.04. The van der Waals surface area contributed by atoms with Crippen molar-refractivity contribution in [3.63, 3.8) is 0 Å². The third kappa shape index (κ3) is 4.99. The van der Waals surface area contributed by atoms with Crippen molar-refractivity contribution in [3.8, 4) is 22.5 Å². The molecule has 2 unspecified atom stereocenters. The van der Waals surface area contributed by atoms with Gasteiger partial charge in [-0.1, -0.05) is 5.16 Å². The van der Waals surface area contributed by atoms with Crippen molar-refractivity contribution < 1.29 is 26.5 Å². The molecule has 4 aromatic heterocycles. The third-order valence-electron chi connectivity index (χ3n) is 6.54. The van der Waals surface area contributed by atoms with Gasteiger partial charge in [-0.25, -0.2) is 23.7 Å². The number of anilines is 1. The van der Waals surface area contributed by atoms with Crippen molar-refractivity contribution in [2.45, 2.75) is 57.8 Å². The van der Waals surface area contributed by atoms with E-state index in [-0.39, 0.29) is 29.3 Å². The zero-order valence-corrected chi connectivity index (χ0v) is 20.0. The fourth-order valence-electron chi connectivity index (χ4n) is 4.84. The number of nitrogens with zero attached hydrogens (tertiary/aromatic N) is 4. The Morgan fingerprint density at radius 3 is 2.62 bits per heavy atom. The van der Waals surface area contributed by atoms with Gasteiger partial charge >= 0.3 is 6.18 Å². The summed E-state index contributed by atoms with van der Waals surface area (Å²) < 4.78 is 72.3. The molecule has 2 atom stereocenters. The maximum Gasteiger partial charge on any atom is 0.419 e. The number of hydrogen-bond acceptors (Lipinski definition) is 7. The number of nitrogens with one attached hydrogen (secondary N) is 3. The summed E-state index contributed by atoms with van der Waals surface area (Å²) in [4.78, 5) is 15.6. The van der Waals surface area contributed by atoms with Gasteiger partial charge in [-0.3, -0.25) is 0 Å². The lowest BCUT2D eigenvalue weighted by molar-refractivity contribution is -0.137. The number of H-pyrrole nitrogens is 1. The van der Waals surface area contributed by atoms with Crippen LogP contribution < -0.4 is 10.6 Å². The number of aromatic nitrogens is 5. The van der Waals surface area contributed by atoms with Crippen molar-refractivity contribution >= 4 is 17.0 Å². The number of fused-ring (bicyclic) bond motifs is 1. The molecule has 13 heteroatoms. The van der Waals surface area contributed by atoms with Crippen LogP contribution in [-0.4, -0.2) is 50.1 Å². The van der Waals surface area contributed by atoms with Crippen LogP contribution in [-0.2, 0) is 6.18 Å². The zero-order chi connectivity index (χ0) is 26.3. The highest BCUT2D eigenvalue weighted by Gasteiger charge is 2.37. The Morgan fingerprint density at radius 2 is 1.92 bits per heavy atom. The monoisotopic (exact) mass is 521 g/mol. The van der Waals surface area contributed by atoms with Crippen LogP contribution >= 0.6 is 0 Å². The Balaban J connectivity index is 1.51. The summed E-state index contributed by atoms with van der Waals surface area (Å²) in [6.07, 6.45) is -2.92. The van der Waals surface area contributed by atoms with Gasteiger partial charge in [0, 0.05) is 35.4 Å². The minimum atomic E-state index is -4.70. The molecular weight excluding hydrogens is 497 g/mol. The molecule has 0 aliphatic heterocycles. The quantitative estimate of drug-likeness (QED) is 0.276. The summed E-state index contributed by atoms with van der Waals surface area (Å²) >= 11 is 0. The topological polar surface area (TPSA) is 105 Å². The van der Waals surface area contributed by atoms with Crippen LogP contribution in [0.4, 0.5) is 27.9 Å². The summed E-state index contributed by atoms with van der Waals surface area (Å²) in [5, 5.41) is 10.2. The molecule has 0 aromatic carbocycles. The van der Waals surface area contributed by atoms with Crippen LogP contribution in [0.2, 0.25) is 0 Å². The van der Waals surface area contributed by atoms with Crippen molar-refractivity contribution in [2.24, 2.45) is 0 Å². The van der Waals surface area contributed by atoms with E-state index in [1.165, 1.54) is 6.20 Å². The van der Waals surface area contributed by atoms with E-state index in [2.05, 4.69) is 35.7 Å². The first-order chi connectivity index (χ1) is 17.6. The van der Waals surface area contributed by atoms with Gasteiger partial charge in [-0.15, -0.1) is 0 Å². The predicted molar refractivity (Wildman–Crippen MR) is 126 cm³/mol. The molecular formula is C24H24F5N7O. The molecule has 1 aliphatic carbocycles. The molecule has 8 nitrogen and oxygen atoms in total. The lowest BCUT2D eigenvalue weighted by Crippen LogP contribution is -2.42. The van der Waals surface area contributed by atoms with Gasteiger partial charge in [0.25, 0.3) is 6.43 Å². The Morgan fingerprint density at radius 1 is 1.14 bits per heavy atom. The van der Waals surface area contributed by atoms with E-state index in [4.69, 9.17) is 4.52 Å². The number of hydrogen-bond donors (Lipinski definition) is 3. The highest BCUT2D eigenvalue weighted by molar-refractivity contribution is 5.94. The van der Waals surface area contributed by atoms with Gasteiger partial charge in [0.15, 0.2) is 0 Å². The largest absolute Gasteiger partial charge is 0.419 e. The van der Waals surface area contributed by atoms with E-state index in [0.717, 1.165) is 12.6 Å². The van der Waals surface area contributed by atoms with E-state index in [0.29, 0.717) is 46.6 Å². The minimum absolute atomic E-state index is 0.00611. The molecule has 1 fully saturated rings. The van der Waals surface area contributed by atoms with E-state index in [9.17, 15) is 22.0 Å². The highest BCUT2D eigenvalue weighted by Crippen LogP contribution is 2.39. The fraction of sp³-hybridized carbons (Fsp3) is 0.417. The summed E-state index contributed by atoms with van der Waals surface area (Å²) in [5.41, 5.74) is 1.22. The van der Waals surface area contributed by atoms with Gasteiger partial charge in [-0.2, -0.15) is 13.2 Å². The van der Waals surface area contributed by atoms with Crippen LogP contribution in [0.25, 0.3) is 33.5 Å². The minimum Gasteiger partial charge on any atom is -0.361 e. The number of pyridine rings is 1. The van der Waals surface area contributed by atoms with Crippen LogP contribution in [0.15, 0.2) is 29.0 Å². The molecule has 0 spiro atoms. The van der Waals surface area contributed by atoms with Crippen molar-refractivity contribution in [1.82, 2.24) is 30.4 Å². The van der Waals surface area contributed by atoms with Crippen molar-refractivity contribution in [1.29, 1.82) is 0 Å². The van der Waals surface area contributed by atoms with Gasteiger partial charge in [0.2, 0.25) is 5.95 Å². The summed E-state index contributed by atoms with van der Waals surface area (Å²) in [6.45, 7) is 3.07. The average Bonchev–Trinajstić information content (AvgIpc) is 3.55. The average molecular weight is 521 g/mol. The molecule has 37 heavy (non-hydrogen) atoms. The molecule has 4 aromatic rings. The molecule has 5 rings (SSSR count). The van der Waals surface area contributed by atoms with Crippen molar-refractivity contribution in [2.75, 3.05) is 11.9 Å². The number of aromatic amines is 1. The summed E-state index contributed by atoms with van der Waals surface area (Å²) in [5.74, 6) is 0.573. The first-order valence-electron chi connectivity index (χ1n) is 11.8. The van der Waals surface area contributed by atoms with Gasteiger partial charge in [-0.05, 0) is 45.2 Å². The molecule has 0 amide bonds. The normalized spacial score (nSPS) is 18.3. The molecule has 196 valence electrons. The molecule has 0 bridgehead atoms.